The van der Waals surface area contributed by atoms with Crippen molar-refractivity contribution in [2.24, 2.45) is 5.73 Å². The van der Waals surface area contributed by atoms with Gasteiger partial charge in [0.2, 0.25) is 0 Å². The molecule has 4 nitrogen and oxygen atoms in total. The minimum Gasteiger partial charge on any atom is -0.318 e. The smallest absolute Gasteiger partial charge is 0.0866 e. The number of rotatable bonds is 3. The third kappa shape index (κ3) is 1.68. The van der Waals surface area contributed by atoms with Crippen LogP contribution in [0.1, 0.15) is 29.2 Å². The van der Waals surface area contributed by atoms with Crippen LogP contribution in [0.3, 0.4) is 0 Å². The highest BCUT2D eigenvalue weighted by Crippen LogP contribution is 2.24. The molecule has 0 amide bonds. The zero-order valence-electron chi connectivity index (χ0n) is 7.67. The van der Waals surface area contributed by atoms with Gasteiger partial charge in [0.05, 0.1) is 22.3 Å². The van der Waals surface area contributed by atoms with Crippen molar-refractivity contribution >= 4 is 23.1 Å². The first-order chi connectivity index (χ1) is 6.83. The molecule has 0 radical (unpaired) electrons. The van der Waals surface area contributed by atoms with Crippen LogP contribution >= 0.6 is 23.1 Å². The second kappa shape index (κ2) is 4.12. The molecule has 0 saturated carbocycles. The zero-order valence-corrected chi connectivity index (χ0v) is 9.31. The zero-order chi connectivity index (χ0) is 9.97. The fourth-order valence-corrected chi connectivity index (χ4v) is 2.52. The van der Waals surface area contributed by atoms with Crippen molar-refractivity contribution in [2.45, 2.75) is 19.4 Å². The molecule has 0 saturated heterocycles. The lowest BCUT2D eigenvalue weighted by Gasteiger charge is -2.05. The molecule has 2 rings (SSSR count). The molecule has 0 spiro atoms. The van der Waals surface area contributed by atoms with Gasteiger partial charge in [0.15, 0.2) is 0 Å². The summed E-state index contributed by atoms with van der Waals surface area (Å²) in [6.45, 7) is 2.05. The molecule has 0 aliphatic heterocycles. The van der Waals surface area contributed by atoms with Crippen LogP contribution in [0.25, 0.3) is 0 Å². The molecule has 0 bridgehead atoms. The predicted octanol–water partition coefficient (Wildman–Crippen LogP) is 1.61. The lowest BCUT2D eigenvalue weighted by molar-refractivity contribution is 0.834. The average molecular weight is 226 g/mol. The van der Waals surface area contributed by atoms with Gasteiger partial charge in [-0.2, -0.15) is 4.37 Å². The van der Waals surface area contributed by atoms with E-state index in [1.54, 1.807) is 0 Å². The lowest BCUT2D eigenvalue weighted by atomic mass is 10.1. The summed E-state index contributed by atoms with van der Waals surface area (Å²) in [6, 6.07) is 1.77. The predicted molar refractivity (Wildman–Crippen MR) is 57.4 cm³/mol. The molecule has 74 valence electrons. The van der Waals surface area contributed by atoms with Crippen LogP contribution in [0.15, 0.2) is 11.4 Å². The Hall–Kier alpha value is -0.850. The summed E-state index contributed by atoms with van der Waals surface area (Å²) in [5.41, 5.74) is 7.94. The maximum atomic E-state index is 6.06. The molecule has 1 unspecified atom stereocenters. The Balaban J connectivity index is 2.31. The Bertz CT molecular complexity index is 395. The van der Waals surface area contributed by atoms with E-state index in [0.29, 0.717) is 0 Å². The molecule has 0 fully saturated rings. The van der Waals surface area contributed by atoms with Gasteiger partial charge >= 0.3 is 0 Å². The topological polar surface area (TPSA) is 64.7 Å². The Labute approximate surface area is 90.1 Å². The Kier molecular flexibility index (Phi) is 2.85. The third-order valence-corrected chi connectivity index (χ3v) is 3.40. The summed E-state index contributed by atoms with van der Waals surface area (Å²) in [5.74, 6) is 0. The lowest BCUT2D eigenvalue weighted by Crippen LogP contribution is -2.12. The van der Waals surface area contributed by atoms with E-state index in [1.807, 2.05) is 18.4 Å². The van der Waals surface area contributed by atoms with E-state index in [1.165, 1.54) is 23.1 Å². The fourth-order valence-electron chi connectivity index (χ4n) is 1.21. The maximum absolute atomic E-state index is 6.06. The molecule has 2 N–H and O–H groups in total. The largest absolute Gasteiger partial charge is 0.318 e. The van der Waals surface area contributed by atoms with Gasteiger partial charge in [0.25, 0.3) is 0 Å². The van der Waals surface area contributed by atoms with Crippen LogP contribution in [0.5, 0.6) is 0 Å². The minimum absolute atomic E-state index is 0.170. The summed E-state index contributed by atoms with van der Waals surface area (Å²) in [7, 11) is 0. The van der Waals surface area contributed by atoms with E-state index in [0.717, 1.165) is 22.7 Å². The molecule has 2 heterocycles. The number of nitrogens with zero attached hydrogens (tertiary/aromatic N) is 3. The van der Waals surface area contributed by atoms with Gasteiger partial charge in [0.1, 0.15) is 0 Å². The van der Waals surface area contributed by atoms with Crippen molar-refractivity contribution in [3.05, 3.63) is 27.7 Å². The molecule has 14 heavy (non-hydrogen) atoms. The molecular formula is C8H10N4S2. The average Bonchev–Trinajstić information content (AvgIpc) is 2.87. The Morgan fingerprint density at radius 3 is 3.07 bits per heavy atom. The van der Waals surface area contributed by atoms with E-state index in [4.69, 9.17) is 5.73 Å². The van der Waals surface area contributed by atoms with Gasteiger partial charge in [0, 0.05) is 5.38 Å². The first-order valence-corrected chi connectivity index (χ1v) is 5.91. The fraction of sp³-hybridized carbons (Fsp3) is 0.375. The third-order valence-electron chi connectivity index (χ3n) is 1.98. The molecule has 1 atom stereocenters. The molecule has 2 aromatic heterocycles. The van der Waals surface area contributed by atoms with Crippen LogP contribution in [-0.2, 0) is 6.42 Å². The number of hydrogen-bond donors (Lipinski definition) is 1. The van der Waals surface area contributed by atoms with Crippen LogP contribution < -0.4 is 5.73 Å². The van der Waals surface area contributed by atoms with E-state index in [9.17, 15) is 0 Å². The van der Waals surface area contributed by atoms with Crippen molar-refractivity contribution in [1.29, 1.82) is 0 Å². The number of aryl methyl sites for hydroxylation is 1. The summed E-state index contributed by atoms with van der Waals surface area (Å²) >= 11 is 2.77. The van der Waals surface area contributed by atoms with Gasteiger partial charge in [-0.3, -0.25) is 0 Å². The van der Waals surface area contributed by atoms with Crippen LogP contribution in [0.2, 0.25) is 0 Å². The highest BCUT2D eigenvalue weighted by atomic mass is 32.1. The van der Waals surface area contributed by atoms with Crippen LogP contribution in [0, 0.1) is 0 Å². The van der Waals surface area contributed by atoms with Gasteiger partial charge in [-0.15, -0.1) is 5.10 Å². The maximum Gasteiger partial charge on any atom is 0.0866 e. The summed E-state index contributed by atoms with van der Waals surface area (Å²) in [4.78, 5) is 1.03. The van der Waals surface area contributed by atoms with Crippen LogP contribution in [0.4, 0.5) is 0 Å². The van der Waals surface area contributed by atoms with Crippen molar-refractivity contribution in [3.8, 4) is 0 Å². The van der Waals surface area contributed by atoms with Gasteiger partial charge in [-0.25, -0.2) is 0 Å². The SMILES string of the molecule is CCc1nnsc1C(N)c1ccsn1. The molecule has 0 aliphatic carbocycles. The van der Waals surface area contributed by atoms with Crippen molar-refractivity contribution < 1.29 is 0 Å². The Morgan fingerprint density at radius 1 is 1.57 bits per heavy atom. The minimum atomic E-state index is -0.170. The highest BCUT2D eigenvalue weighted by molar-refractivity contribution is 7.05. The van der Waals surface area contributed by atoms with Gasteiger partial charge < -0.3 is 5.73 Å². The van der Waals surface area contributed by atoms with Gasteiger partial charge in [-0.05, 0) is 35.6 Å². The first kappa shape index (κ1) is 9.70. The van der Waals surface area contributed by atoms with E-state index < -0.39 is 0 Å². The molecule has 2 aromatic rings. The van der Waals surface area contributed by atoms with Crippen molar-refractivity contribution in [1.82, 2.24) is 14.0 Å². The number of aromatic nitrogens is 3. The van der Waals surface area contributed by atoms with E-state index in [-0.39, 0.29) is 6.04 Å². The second-order valence-electron chi connectivity index (χ2n) is 2.84. The van der Waals surface area contributed by atoms with E-state index >= 15 is 0 Å². The van der Waals surface area contributed by atoms with E-state index in [2.05, 4.69) is 14.0 Å². The highest BCUT2D eigenvalue weighted by Gasteiger charge is 2.17. The monoisotopic (exact) mass is 226 g/mol. The molecule has 6 heteroatoms. The van der Waals surface area contributed by atoms with Crippen molar-refractivity contribution in [2.75, 3.05) is 0 Å². The molecule has 0 aliphatic rings. The molecule has 0 aromatic carbocycles. The first-order valence-electron chi connectivity index (χ1n) is 4.30. The number of nitrogens with two attached hydrogens (primary N) is 1. The Morgan fingerprint density at radius 2 is 2.43 bits per heavy atom. The second-order valence-corrected chi connectivity index (χ2v) is 4.29. The van der Waals surface area contributed by atoms with Crippen LogP contribution in [-0.4, -0.2) is 14.0 Å². The standard InChI is InChI=1S/C8H10N4S2/c1-2-5-8(14-12-10-5)7(9)6-3-4-13-11-6/h3-4,7H,2,9H2,1H3. The summed E-state index contributed by atoms with van der Waals surface area (Å²) in [5, 5.41) is 5.96. The van der Waals surface area contributed by atoms with Crippen molar-refractivity contribution in [3.63, 3.8) is 0 Å². The van der Waals surface area contributed by atoms with Gasteiger partial charge in [-0.1, -0.05) is 11.4 Å². The summed E-state index contributed by atoms with van der Waals surface area (Å²) in [6.07, 6.45) is 0.865. The number of hydrogen-bond acceptors (Lipinski definition) is 6. The summed E-state index contributed by atoms with van der Waals surface area (Å²) < 4.78 is 8.13. The molecular weight excluding hydrogens is 216 g/mol. The normalized spacial score (nSPS) is 13.0. The quantitative estimate of drug-likeness (QED) is 0.863.